The van der Waals surface area contributed by atoms with Crippen LogP contribution in [-0.4, -0.2) is 32.0 Å². The summed E-state index contributed by atoms with van der Waals surface area (Å²) in [5.74, 6) is -0.423. The Hall–Kier alpha value is -1.10. The van der Waals surface area contributed by atoms with Gasteiger partial charge in [-0.1, -0.05) is 0 Å². The number of rotatable bonds is 4. The largest absolute Gasteiger partial charge is 0.444 e. The number of ether oxygens (including phenoxy) is 2. The van der Waals surface area contributed by atoms with Gasteiger partial charge in [-0.15, -0.1) is 0 Å². The molecule has 5 heteroatoms. The maximum absolute atomic E-state index is 12.7. The number of hydrogen-bond donors (Lipinski definition) is 1. The first-order valence-corrected chi connectivity index (χ1v) is 4.65. The van der Waals surface area contributed by atoms with Gasteiger partial charge in [0.1, 0.15) is 11.4 Å². The molecule has 0 aliphatic heterocycles. The van der Waals surface area contributed by atoms with Crippen LogP contribution in [0.15, 0.2) is 11.9 Å². The van der Waals surface area contributed by atoms with E-state index in [1.54, 1.807) is 20.8 Å². The van der Waals surface area contributed by atoms with Crippen molar-refractivity contribution in [1.29, 1.82) is 0 Å². The van der Waals surface area contributed by atoms with E-state index in [0.29, 0.717) is 0 Å². The zero-order chi connectivity index (χ0) is 11.9. The molecule has 0 atom stereocenters. The quantitative estimate of drug-likeness (QED) is 0.786. The first kappa shape index (κ1) is 13.9. The van der Waals surface area contributed by atoms with E-state index in [1.807, 2.05) is 0 Å². The van der Waals surface area contributed by atoms with Gasteiger partial charge >= 0.3 is 6.09 Å². The van der Waals surface area contributed by atoms with E-state index >= 15 is 0 Å². The third-order valence-corrected chi connectivity index (χ3v) is 1.25. The van der Waals surface area contributed by atoms with Gasteiger partial charge in [0.15, 0.2) is 0 Å². The number of nitrogens with one attached hydrogen (secondary N) is 1. The van der Waals surface area contributed by atoms with Crippen molar-refractivity contribution < 1.29 is 18.7 Å². The Morgan fingerprint density at radius 1 is 1.47 bits per heavy atom. The first-order chi connectivity index (χ1) is 6.85. The Morgan fingerprint density at radius 3 is 2.53 bits per heavy atom. The minimum atomic E-state index is -0.566. The maximum atomic E-state index is 12.7. The highest BCUT2D eigenvalue weighted by molar-refractivity contribution is 5.67. The zero-order valence-corrected chi connectivity index (χ0v) is 9.59. The van der Waals surface area contributed by atoms with Crippen molar-refractivity contribution in [1.82, 2.24) is 5.32 Å². The van der Waals surface area contributed by atoms with Gasteiger partial charge in [-0.2, -0.15) is 0 Å². The highest BCUT2D eigenvalue weighted by Crippen LogP contribution is 2.06. The predicted octanol–water partition coefficient (Wildman–Crippen LogP) is 2.01. The van der Waals surface area contributed by atoms with E-state index < -0.39 is 17.5 Å². The van der Waals surface area contributed by atoms with Gasteiger partial charge in [-0.3, -0.25) is 0 Å². The summed E-state index contributed by atoms with van der Waals surface area (Å²) in [6.45, 7) is 5.27. The summed E-state index contributed by atoms with van der Waals surface area (Å²) in [7, 11) is 1.40. The van der Waals surface area contributed by atoms with Gasteiger partial charge in [0.2, 0.25) is 0 Å². The average molecular weight is 219 g/mol. The Labute approximate surface area is 89.4 Å². The molecule has 0 unspecified atom stereocenters. The third kappa shape index (κ3) is 9.21. The van der Waals surface area contributed by atoms with E-state index in [0.717, 1.165) is 0 Å². The molecule has 1 amide bonds. The number of carbonyl (C=O) groups excluding carboxylic acids is 1. The second kappa shape index (κ2) is 6.40. The maximum Gasteiger partial charge on any atom is 0.407 e. The SMILES string of the molecule is COC/C(F)=C\CNC(=O)OC(C)(C)C. The van der Waals surface area contributed by atoms with Gasteiger partial charge in [0, 0.05) is 13.7 Å². The van der Waals surface area contributed by atoms with Crippen LogP contribution < -0.4 is 5.32 Å². The highest BCUT2D eigenvalue weighted by atomic mass is 19.1. The first-order valence-electron chi connectivity index (χ1n) is 4.65. The second-order valence-electron chi connectivity index (χ2n) is 3.97. The summed E-state index contributed by atoms with van der Waals surface area (Å²) in [6.07, 6.45) is 0.664. The molecule has 0 heterocycles. The number of carbonyl (C=O) groups is 1. The van der Waals surface area contributed by atoms with Crippen LogP contribution in [-0.2, 0) is 9.47 Å². The lowest BCUT2D eigenvalue weighted by molar-refractivity contribution is 0.0534. The van der Waals surface area contributed by atoms with Crippen molar-refractivity contribution in [2.75, 3.05) is 20.3 Å². The van der Waals surface area contributed by atoms with Crippen molar-refractivity contribution in [3.8, 4) is 0 Å². The van der Waals surface area contributed by atoms with Gasteiger partial charge < -0.3 is 14.8 Å². The summed E-state index contributed by atoms with van der Waals surface area (Å²) in [5, 5.41) is 2.40. The molecular weight excluding hydrogens is 201 g/mol. The summed E-state index contributed by atoms with van der Waals surface area (Å²) in [4.78, 5) is 11.1. The summed E-state index contributed by atoms with van der Waals surface area (Å²) in [6, 6.07) is 0. The highest BCUT2D eigenvalue weighted by Gasteiger charge is 2.15. The smallest absolute Gasteiger partial charge is 0.407 e. The van der Waals surface area contributed by atoms with Gasteiger partial charge in [-0.25, -0.2) is 9.18 Å². The molecule has 88 valence electrons. The molecule has 0 saturated carbocycles. The topological polar surface area (TPSA) is 47.6 Å². The van der Waals surface area contributed by atoms with Gasteiger partial charge in [0.25, 0.3) is 0 Å². The van der Waals surface area contributed by atoms with E-state index in [2.05, 4.69) is 10.1 Å². The van der Waals surface area contributed by atoms with Crippen LogP contribution in [0.3, 0.4) is 0 Å². The van der Waals surface area contributed by atoms with Crippen LogP contribution in [0, 0.1) is 0 Å². The third-order valence-electron chi connectivity index (χ3n) is 1.25. The molecule has 0 rings (SSSR count). The minimum Gasteiger partial charge on any atom is -0.444 e. The summed E-state index contributed by atoms with van der Waals surface area (Å²) >= 11 is 0. The lowest BCUT2D eigenvalue weighted by Gasteiger charge is -2.19. The fourth-order valence-electron chi connectivity index (χ4n) is 0.756. The molecule has 0 aromatic rings. The molecule has 0 aromatic heterocycles. The number of halogens is 1. The number of methoxy groups -OCH3 is 1. The van der Waals surface area contributed by atoms with Gasteiger partial charge in [0.05, 0.1) is 6.61 Å². The van der Waals surface area contributed by atoms with Crippen molar-refractivity contribution in [3.63, 3.8) is 0 Å². The van der Waals surface area contributed by atoms with Crippen LogP contribution >= 0.6 is 0 Å². The Bertz CT molecular complexity index is 233. The van der Waals surface area contributed by atoms with Crippen molar-refractivity contribution >= 4 is 6.09 Å². The van der Waals surface area contributed by atoms with E-state index in [9.17, 15) is 9.18 Å². The van der Waals surface area contributed by atoms with Crippen LogP contribution in [0.25, 0.3) is 0 Å². The Balaban J connectivity index is 3.77. The van der Waals surface area contributed by atoms with Gasteiger partial charge in [-0.05, 0) is 26.8 Å². The molecule has 0 saturated heterocycles. The molecule has 0 aromatic carbocycles. The standard InChI is InChI=1S/C10H18FNO3/c1-10(2,3)15-9(13)12-6-5-8(11)7-14-4/h5H,6-7H2,1-4H3,(H,12,13)/b8-5+. The average Bonchev–Trinajstić information content (AvgIpc) is 2.00. The number of amides is 1. The fraction of sp³-hybridized carbons (Fsp3) is 0.700. The molecule has 0 fully saturated rings. The van der Waals surface area contributed by atoms with Crippen molar-refractivity contribution in [2.24, 2.45) is 0 Å². The lowest BCUT2D eigenvalue weighted by atomic mass is 10.2. The number of alkyl carbamates (subject to hydrolysis) is 1. The zero-order valence-electron chi connectivity index (χ0n) is 9.59. The Kier molecular flexibility index (Phi) is 5.93. The minimum absolute atomic E-state index is 0.0873. The van der Waals surface area contributed by atoms with E-state index in [4.69, 9.17) is 4.74 Å². The monoisotopic (exact) mass is 219 g/mol. The van der Waals surface area contributed by atoms with Crippen molar-refractivity contribution in [3.05, 3.63) is 11.9 Å². The second-order valence-corrected chi connectivity index (χ2v) is 3.97. The molecule has 15 heavy (non-hydrogen) atoms. The molecule has 0 bridgehead atoms. The van der Waals surface area contributed by atoms with Crippen LogP contribution in [0.1, 0.15) is 20.8 Å². The summed E-state index contributed by atoms with van der Waals surface area (Å²) < 4.78 is 22.2. The normalized spacial score (nSPS) is 12.5. The number of hydrogen-bond acceptors (Lipinski definition) is 3. The van der Waals surface area contributed by atoms with Crippen LogP contribution in [0.4, 0.5) is 9.18 Å². The molecule has 0 aliphatic carbocycles. The summed E-state index contributed by atoms with van der Waals surface area (Å²) in [5.41, 5.74) is -0.543. The fourth-order valence-corrected chi connectivity index (χ4v) is 0.756. The van der Waals surface area contributed by atoms with Crippen LogP contribution in [0.2, 0.25) is 0 Å². The van der Waals surface area contributed by atoms with E-state index in [1.165, 1.54) is 13.2 Å². The molecule has 0 spiro atoms. The molecular formula is C10H18FNO3. The molecule has 4 nitrogen and oxygen atoms in total. The lowest BCUT2D eigenvalue weighted by Crippen LogP contribution is -2.32. The Morgan fingerprint density at radius 2 is 2.07 bits per heavy atom. The van der Waals surface area contributed by atoms with Crippen molar-refractivity contribution in [2.45, 2.75) is 26.4 Å². The predicted molar refractivity (Wildman–Crippen MR) is 55.3 cm³/mol. The van der Waals surface area contributed by atoms with Crippen LogP contribution in [0.5, 0.6) is 0 Å². The molecule has 1 N–H and O–H groups in total. The molecule has 0 radical (unpaired) electrons. The molecule has 0 aliphatic rings. The van der Waals surface area contributed by atoms with E-state index in [-0.39, 0.29) is 13.2 Å².